The first-order chi connectivity index (χ1) is 9.17. The number of carbonyl (C=O) groups is 1. The highest BCUT2D eigenvalue weighted by Crippen LogP contribution is 2.28. The van der Waals surface area contributed by atoms with E-state index >= 15 is 0 Å². The molecule has 1 aromatic heterocycles. The van der Waals surface area contributed by atoms with Crippen LogP contribution >= 0.6 is 11.6 Å². The van der Waals surface area contributed by atoms with Crippen LogP contribution in [0.4, 0.5) is 5.82 Å². The number of nitrogens with zero attached hydrogens (tertiary/aromatic N) is 2. The first-order valence-corrected chi connectivity index (χ1v) is 6.80. The summed E-state index contributed by atoms with van der Waals surface area (Å²) >= 11 is 6.06. The van der Waals surface area contributed by atoms with Gasteiger partial charge in [0.05, 0.1) is 17.2 Å². The van der Waals surface area contributed by atoms with Gasteiger partial charge in [-0.25, -0.2) is 4.98 Å². The number of hydrogen-bond donors (Lipinski definition) is 2. The standard InChI is InChI=1S/C13H18ClN3O2/c1-15-12-7-10(11(14)8-16-12)13(19)17(5-6-18)9-3-2-4-9/h7-9,18H,2-6H2,1H3,(H,15,16). The lowest BCUT2D eigenvalue weighted by Gasteiger charge is -2.37. The zero-order chi connectivity index (χ0) is 13.8. The Kier molecular flexibility index (Phi) is 4.61. The molecule has 6 heteroatoms. The van der Waals surface area contributed by atoms with Gasteiger partial charge in [0.1, 0.15) is 5.82 Å². The molecule has 5 nitrogen and oxygen atoms in total. The van der Waals surface area contributed by atoms with E-state index < -0.39 is 0 Å². The van der Waals surface area contributed by atoms with Gasteiger partial charge in [0.15, 0.2) is 0 Å². The summed E-state index contributed by atoms with van der Waals surface area (Å²) < 4.78 is 0. The normalized spacial score (nSPS) is 14.9. The van der Waals surface area contributed by atoms with Gasteiger partial charge >= 0.3 is 0 Å². The number of amides is 1. The van der Waals surface area contributed by atoms with E-state index in [9.17, 15) is 4.79 Å². The van der Waals surface area contributed by atoms with Crippen LogP contribution in [0.25, 0.3) is 0 Å². The maximum Gasteiger partial charge on any atom is 0.255 e. The van der Waals surface area contributed by atoms with E-state index in [1.165, 1.54) is 6.20 Å². The largest absolute Gasteiger partial charge is 0.395 e. The number of aromatic nitrogens is 1. The monoisotopic (exact) mass is 283 g/mol. The van der Waals surface area contributed by atoms with E-state index in [0.717, 1.165) is 19.3 Å². The van der Waals surface area contributed by atoms with Gasteiger partial charge in [-0.1, -0.05) is 11.6 Å². The fourth-order valence-corrected chi connectivity index (χ4v) is 2.33. The highest BCUT2D eigenvalue weighted by atomic mass is 35.5. The first kappa shape index (κ1) is 14.1. The number of carbonyl (C=O) groups excluding carboxylic acids is 1. The molecule has 1 heterocycles. The van der Waals surface area contributed by atoms with Crippen molar-refractivity contribution in [2.24, 2.45) is 0 Å². The van der Waals surface area contributed by atoms with Gasteiger partial charge in [-0.3, -0.25) is 4.79 Å². The maximum absolute atomic E-state index is 12.5. The number of rotatable bonds is 5. The number of anilines is 1. The molecule has 0 unspecified atom stereocenters. The fraction of sp³-hybridized carbons (Fsp3) is 0.538. The molecule has 0 spiro atoms. The molecule has 1 aliphatic rings. The molecule has 1 fully saturated rings. The number of halogens is 1. The molecule has 104 valence electrons. The van der Waals surface area contributed by atoms with E-state index in [1.54, 1.807) is 18.0 Å². The van der Waals surface area contributed by atoms with Gasteiger partial charge in [-0.2, -0.15) is 0 Å². The van der Waals surface area contributed by atoms with Gasteiger partial charge in [0.25, 0.3) is 5.91 Å². The Morgan fingerprint density at radius 1 is 1.63 bits per heavy atom. The number of nitrogens with one attached hydrogen (secondary N) is 1. The smallest absolute Gasteiger partial charge is 0.255 e. The van der Waals surface area contributed by atoms with Crippen molar-refractivity contribution in [1.29, 1.82) is 0 Å². The Morgan fingerprint density at radius 2 is 2.37 bits per heavy atom. The van der Waals surface area contributed by atoms with Crippen molar-refractivity contribution in [3.63, 3.8) is 0 Å². The first-order valence-electron chi connectivity index (χ1n) is 6.42. The summed E-state index contributed by atoms with van der Waals surface area (Å²) in [6.45, 7) is 0.306. The van der Waals surface area contributed by atoms with Crippen molar-refractivity contribution >= 4 is 23.3 Å². The Labute approximate surface area is 117 Å². The van der Waals surface area contributed by atoms with Crippen molar-refractivity contribution in [3.8, 4) is 0 Å². The minimum Gasteiger partial charge on any atom is -0.395 e. The van der Waals surface area contributed by atoms with Crippen LogP contribution in [0.5, 0.6) is 0 Å². The van der Waals surface area contributed by atoms with E-state index in [0.29, 0.717) is 22.9 Å². The summed E-state index contributed by atoms with van der Waals surface area (Å²) in [5.74, 6) is 0.466. The van der Waals surface area contributed by atoms with E-state index in [-0.39, 0.29) is 18.6 Å². The zero-order valence-corrected chi connectivity index (χ0v) is 11.7. The molecule has 0 radical (unpaired) electrons. The molecule has 0 saturated heterocycles. The predicted molar refractivity (Wildman–Crippen MR) is 74.6 cm³/mol. The van der Waals surface area contributed by atoms with Crippen LogP contribution in [0.3, 0.4) is 0 Å². The summed E-state index contributed by atoms with van der Waals surface area (Å²) in [6.07, 6.45) is 4.59. The number of hydrogen-bond acceptors (Lipinski definition) is 4. The summed E-state index contributed by atoms with van der Waals surface area (Å²) in [5, 5.41) is 12.3. The van der Waals surface area contributed by atoms with Crippen LogP contribution in [0.2, 0.25) is 5.02 Å². The van der Waals surface area contributed by atoms with Crippen molar-refractivity contribution < 1.29 is 9.90 Å². The topological polar surface area (TPSA) is 65.5 Å². The quantitative estimate of drug-likeness (QED) is 0.864. The lowest BCUT2D eigenvalue weighted by molar-refractivity contribution is 0.0526. The van der Waals surface area contributed by atoms with Crippen LogP contribution in [-0.2, 0) is 0 Å². The van der Waals surface area contributed by atoms with Gasteiger partial charge in [-0.15, -0.1) is 0 Å². The lowest BCUT2D eigenvalue weighted by Crippen LogP contribution is -2.45. The Morgan fingerprint density at radius 3 is 2.89 bits per heavy atom. The zero-order valence-electron chi connectivity index (χ0n) is 10.9. The molecule has 1 saturated carbocycles. The average molecular weight is 284 g/mol. The molecule has 19 heavy (non-hydrogen) atoms. The van der Waals surface area contributed by atoms with Crippen LogP contribution in [0.15, 0.2) is 12.3 Å². The van der Waals surface area contributed by atoms with Crippen LogP contribution in [0.1, 0.15) is 29.6 Å². The summed E-state index contributed by atoms with van der Waals surface area (Å²) in [7, 11) is 1.74. The van der Waals surface area contributed by atoms with Crippen molar-refractivity contribution in [3.05, 3.63) is 22.8 Å². The van der Waals surface area contributed by atoms with Crippen LogP contribution < -0.4 is 5.32 Å². The molecule has 0 aliphatic heterocycles. The van der Waals surface area contributed by atoms with E-state index in [2.05, 4.69) is 10.3 Å². The maximum atomic E-state index is 12.5. The van der Waals surface area contributed by atoms with Gasteiger partial charge < -0.3 is 15.3 Å². The second kappa shape index (κ2) is 6.21. The Balaban J connectivity index is 2.24. The van der Waals surface area contributed by atoms with Crippen LogP contribution in [0, 0.1) is 0 Å². The Hall–Kier alpha value is -1.33. The predicted octanol–water partition coefficient (Wildman–Crippen LogP) is 1.76. The SMILES string of the molecule is CNc1cc(C(=O)N(CCO)C2CCC2)c(Cl)cn1. The molecular weight excluding hydrogens is 266 g/mol. The van der Waals surface area contributed by atoms with E-state index in [4.69, 9.17) is 16.7 Å². The van der Waals surface area contributed by atoms with E-state index in [1.807, 2.05) is 0 Å². The van der Waals surface area contributed by atoms with Gasteiger partial charge in [-0.05, 0) is 25.3 Å². The molecule has 2 N–H and O–H groups in total. The second-order valence-electron chi connectivity index (χ2n) is 4.61. The highest BCUT2D eigenvalue weighted by molar-refractivity contribution is 6.33. The van der Waals surface area contributed by atoms with Gasteiger partial charge in [0.2, 0.25) is 0 Å². The average Bonchev–Trinajstić information content (AvgIpc) is 2.36. The third kappa shape index (κ3) is 2.98. The lowest BCUT2D eigenvalue weighted by atomic mass is 9.91. The molecule has 1 amide bonds. The summed E-state index contributed by atoms with van der Waals surface area (Å²) in [4.78, 5) is 18.3. The minimum atomic E-state index is -0.136. The van der Waals surface area contributed by atoms with Crippen molar-refractivity contribution in [2.45, 2.75) is 25.3 Å². The third-order valence-electron chi connectivity index (χ3n) is 3.46. The molecule has 0 bridgehead atoms. The second-order valence-corrected chi connectivity index (χ2v) is 5.01. The molecule has 0 atom stereocenters. The number of aliphatic hydroxyl groups is 1. The Bertz CT molecular complexity index is 463. The summed E-state index contributed by atoms with van der Waals surface area (Å²) in [6, 6.07) is 1.87. The molecule has 1 aliphatic carbocycles. The summed E-state index contributed by atoms with van der Waals surface area (Å²) in [5.41, 5.74) is 0.432. The third-order valence-corrected chi connectivity index (χ3v) is 3.76. The fourth-order valence-electron chi connectivity index (χ4n) is 2.15. The number of aliphatic hydroxyl groups excluding tert-OH is 1. The van der Waals surface area contributed by atoms with Crippen LogP contribution in [-0.4, -0.2) is 47.1 Å². The minimum absolute atomic E-state index is 0.0379. The molecule has 1 aromatic rings. The van der Waals surface area contributed by atoms with Crippen molar-refractivity contribution in [2.75, 3.05) is 25.5 Å². The highest BCUT2D eigenvalue weighted by Gasteiger charge is 2.30. The van der Waals surface area contributed by atoms with Gasteiger partial charge in [0, 0.05) is 25.8 Å². The van der Waals surface area contributed by atoms with Crippen molar-refractivity contribution in [1.82, 2.24) is 9.88 Å². The molecule has 0 aromatic carbocycles. The number of pyridine rings is 1. The molecule has 2 rings (SSSR count). The molecular formula is C13H18ClN3O2.